The van der Waals surface area contributed by atoms with E-state index in [9.17, 15) is 0 Å². The molecule has 2 N–H and O–H groups in total. The fourth-order valence-electron chi connectivity index (χ4n) is 2.62. The maximum absolute atomic E-state index is 7.62. The van der Waals surface area contributed by atoms with Gasteiger partial charge in [0, 0.05) is 17.2 Å². The van der Waals surface area contributed by atoms with E-state index in [0.717, 1.165) is 35.1 Å². The van der Waals surface area contributed by atoms with Crippen LogP contribution in [0.3, 0.4) is 0 Å². The van der Waals surface area contributed by atoms with Gasteiger partial charge in [-0.2, -0.15) is 5.10 Å². The molecule has 2 aromatic heterocycles. The van der Waals surface area contributed by atoms with E-state index in [4.69, 9.17) is 5.41 Å². The van der Waals surface area contributed by atoms with Crippen LogP contribution in [0.1, 0.15) is 18.4 Å². The van der Waals surface area contributed by atoms with Crippen LogP contribution in [0.5, 0.6) is 0 Å². The van der Waals surface area contributed by atoms with Crippen LogP contribution in [0.15, 0.2) is 36.8 Å². The van der Waals surface area contributed by atoms with Crippen LogP contribution in [0, 0.1) is 5.41 Å². The van der Waals surface area contributed by atoms with Crippen LogP contribution in [0.25, 0.3) is 22.3 Å². The van der Waals surface area contributed by atoms with E-state index in [-0.39, 0.29) is 5.41 Å². The SMILES string of the molecule is N=CC1(c2cccc(-c3ncnc4[nH]ncc34)c2)CC1. The molecule has 2 heterocycles. The van der Waals surface area contributed by atoms with Gasteiger partial charge in [-0.05, 0) is 24.5 Å². The Labute approximate surface area is 115 Å². The highest BCUT2D eigenvalue weighted by molar-refractivity contribution is 5.90. The molecule has 0 amide bonds. The first kappa shape index (κ1) is 11.3. The number of rotatable bonds is 3. The van der Waals surface area contributed by atoms with Crippen molar-refractivity contribution in [3.8, 4) is 11.3 Å². The summed E-state index contributed by atoms with van der Waals surface area (Å²) >= 11 is 0. The highest BCUT2D eigenvalue weighted by Crippen LogP contribution is 2.47. The van der Waals surface area contributed by atoms with Gasteiger partial charge in [-0.25, -0.2) is 9.97 Å². The molecule has 0 aliphatic heterocycles. The van der Waals surface area contributed by atoms with Gasteiger partial charge in [-0.3, -0.25) is 5.10 Å². The summed E-state index contributed by atoms with van der Waals surface area (Å²) in [5, 5.41) is 15.4. The van der Waals surface area contributed by atoms with Crippen molar-refractivity contribution in [3.05, 3.63) is 42.4 Å². The molecule has 0 radical (unpaired) electrons. The van der Waals surface area contributed by atoms with Crippen molar-refractivity contribution < 1.29 is 0 Å². The quantitative estimate of drug-likeness (QED) is 0.713. The Hall–Kier alpha value is -2.56. The van der Waals surface area contributed by atoms with Crippen molar-refractivity contribution in [2.75, 3.05) is 0 Å². The molecule has 98 valence electrons. The number of aromatic nitrogens is 4. The second-order valence-electron chi connectivity index (χ2n) is 5.24. The molecule has 0 unspecified atom stereocenters. The molecule has 0 saturated heterocycles. The molecule has 4 rings (SSSR count). The van der Waals surface area contributed by atoms with Crippen LogP contribution in [-0.4, -0.2) is 26.4 Å². The van der Waals surface area contributed by atoms with E-state index in [2.05, 4.69) is 32.3 Å². The minimum Gasteiger partial charge on any atom is -0.312 e. The van der Waals surface area contributed by atoms with E-state index < -0.39 is 0 Å². The molecule has 0 spiro atoms. The third-order valence-electron chi connectivity index (χ3n) is 4.02. The highest BCUT2D eigenvalue weighted by atomic mass is 15.1. The van der Waals surface area contributed by atoms with Gasteiger partial charge in [0.2, 0.25) is 0 Å². The lowest BCUT2D eigenvalue weighted by molar-refractivity contribution is 0.965. The van der Waals surface area contributed by atoms with Gasteiger partial charge in [0.25, 0.3) is 0 Å². The number of hydrogen-bond donors (Lipinski definition) is 2. The van der Waals surface area contributed by atoms with Gasteiger partial charge in [0.05, 0.1) is 17.3 Å². The van der Waals surface area contributed by atoms with Crippen LogP contribution in [-0.2, 0) is 5.41 Å². The summed E-state index contributed by atoms with van der Waals surface area (Å²) in [5.41, 5.74) is 3.82. The number of benzene rings is 1. The average molecular weight is 263 g/mol. The standard InChI is InChI=1S/C15H13N5/c16-8-15(4-5-15)11-3-1-2-10(6-11)13-12-7-19-20-14(12)18-9-17-13/h1-3,6-9,16H,4-5H2,(H,17,18,19,20). The first-order valence-corrected chi connectivity index (χ1v) is 6.59. The molecule has 5 nitrogen and oxygen atoms in total. The largest absolute Gasteiger partial charge is 0.312 e. The summed E-state index contributed by atoms with van der Waals surface area (Å²) in [6.45, 7) is 0. The Morgan fingerprint density at radius 2 is 2.15 bits per heavy atom. The van der Waals surface area contributed by atoms with Gasteiger partial charge in [-0.15, -0.1) is 0 Å². The molecular weight excluding hydrogens is 250 g/mol. The minimum atomic E-state index is -0.0431. The second-order valence-corrected chi connectivity index (χ2v) is 5.24. The van der Waals surface area contributed by atoms with Crippen molar-refractivity contribution in [3.63, 3.8) is 0 Å². The van der Waals surface area contributed by atoms with E-state index in [1.165, 1.54) is 5.56 Å². The lowest BCUT2D eigenvalue weighted by atomic mass is 9.94. The second kappa shape index (κ2) is 3.96. The number of fused-ring (bicyclic) bond motifs is 1. The average Bonchev–Trinajstić information content (AvgIpc) is 3.16. The predicted molar refractivity (Wildman–Crippen MR) is 76.8 cm³/mol. The van der Waals surface area contributed by atoms with E-state index in [0.29, 0.717) is 0 Å². The van der Waals surface area contributed by atoms with Crippen molar-refractivity contribution in [2.45, 2.75) is 18.3 Å². The zero-order chi connectivity index (χ0) is 13.6. The molecule has 1 aliphatic rings. The highest BCUT2D eigenvalue weighted by Gasteiger charge is 2.42. The molecular formula is C15H13N5. The smallest absolute Gasteiger partial charge is 0.159 e. The Balaban J connectivity index is 1.89. The third kappa shape index (κ3) is 1.56. The molecule has 0 atom stereocenters. The first-order valence-electron chi connectivity index (χ1n) is 6.59. The monoisotopic (exact) mass is 263 g/mol. The molecule has 1 aliphatic carbocycles. The Kier molecular flexibility index (Phi) is 2.24. The van der Waals surface area contributed by atoms with Gasteiger partial charge in [0.15, 0.2) is 5.65 Å². The Morgan fingerprint density at radius 1 is 1.25 bits per heavy atom. The number of aromatic amines is 1. The lowest BCUT2D eigenvalue weighted by Crippen LogP contribution is -2.07. The zero-order valence-corrected chi connectivity index (χ0v) is 10.8. The molecule has 1 saturated carbocycles. The summed E-state index contributed by atoms with van der Waals surface area (Å²) in [4.78, 5) is 8.55. The van der Waals surface area contributed by atoms with Crippen LogP contribution >= 0.6 is 0 Å². The summed E-state index contributed by atoms with van der Waals surface area (Å²) in [6, 6.07) is 8.29. The normalized spacial score (nSPS) is 16.2. The molecule has 5 heteroatoms. The van der Waals surface area contributed by atoms with Crippen molar-refractivity contribution in [2.24, 2.45) is 0 Å². The molecule has 0 bridgehead atoms. The van der Waals surface area contributed by atoms with Gasteiger partial charge < -0.3 is 5.41 Å². The molecule has 1 fully saturated rings. The maximum atomic E-state index is 7.62. The fraction of sp³-hybridized carbons (Fsp3) is 0.200. The summed E-state index contributed by atoms with van der Waals surface area (Å²) in [7, 11) is 0. The Morgan fingerprint density at radius 3 is 2.95 bits per heavy atom. The summed E-state index contributed by atoms with van der Waals surface area (Å²) in [5.74, 6) is 0. The molecule has 1 aromatic carbocycles. The van der Waals surface area contributed by atoms with Crippen LogP contribution < -0.4 is 0 Å². The summed E-state index contributed by atoms with van der Waals surface area (Å²) in [6.07, 6.45) is 6.99. The number of H-pyrrole nitrogens is 1. The predicted octanol–water partition coefficient (Wildman–Crippen LogP) is 2.70. The van der Waals surface area contributed by atoms with E-state index in [1.807, 2.05) is 12.1 Å². The minimum absolute atomic E-state index is 0.0431. The summed E-state index contributed by atoms with van der Waals surface area (Å²) < 4.78 is 0. The lowest BCUT2D eigenvalue weighted by Gasteiger charge is -2.11. The number of nitrogens with one attached hydrogen (secondary N) is 2. The number of nitrogens with zero attached hydrogens (tertiary/aromatic N) is 3. The van der Waals surface area contributed by atoms with Gasteiger partial charge in [0.1, 0.15) is 6.33 Å². The third-order valence-corrected chi connectivity index (χ3v) is 4.02. The number of hydrogen-bond acceptors (Lipinski definition) is 4. The maximum Gasteiger partial charge on any atom is 0.159 e. The van der Waals surface area contributed by atoms with Gasteiger partial charge >= 0.3 is 0 Å². The van der Waals surface area contributed by atoms with E-state index in [1.54, 1.807) is 18.7 Å². The first-order chi connectivity index (χ1) is 9.82. The zero-order valence-electron chi connectivity index (χ0n) is 10.8. The molecule has 3 aromatic rings. The topological polar surface area (TPSA) is 78.3 Å². The fourth-order valence-corrected chi connectivity index (χ4v) is 2.62. The van der Waals surface area contributed by atoms with Crippen molar-refractivity contribution >= 4 is 17.2 Å². The van der Waals surface area contributed by atoms with E-state index >= 15 is 0 Å². The van der Waals surface area contributed by atoms with Crippen molar-refractivity contribution in [1.82, 2.24) is 20.2 Å². The Bertz CT molecular complexity index is 801. The molecule has 20 heavy (non-hydrogen) atoms. The van der Waals surface area contributed by atoms with Crippen LogP contribution in [0.2, 0.25) is 0 Å². The van der Waals surface area contributed by atoms with Gasteiger partial charge in [-0.1, -0.05) is 18.2 Å². The van der Waals surface area contributed by atoms with Crippen LogP contribution in [0.4, 0.5) is 0 Å². The van der Waals surface area contributed by atoms with Crippen molar-refractivity contribution in [1.29, 1.82) is 5.41 Å².